The number of hydrogen-bond donors (Lipinski definition) is 2. The predicted molar refractivity (Wildman–Crippen MR) is 73.9 cm³/mol. The zero-order valence-electron chi connectivity index (χ0n) is 10.9. The first-order chi connectivity index (χ1) is 9.06. The van der Waals surface area contributed by atoms with E-state index in [1.165, 1.54) is 0 Å². The molecule has 0 aliphatic heterocycles. The number of nitrogens with zero attached hydrogens (tertiary/aromatic N) is 2. The lowest BCUT2D eigenvalue weighted by Gasteiger charge is -2.10. The minimum atomic E-state index is -0.166. The molecule has 19 heavy (non-hydrogen) atoms. The Morgan fingerprint density at radius 1 is 1.32 bits per heavy atom. The summed E-state index contributed by atoms with van der Waals surface area (Å²) < 4.78 is 5.57. The van der Waals surface area contributed by atoms with Crippen LogP contribution >= 0.6 is 11.6 Å². The summed E-state index contributed by atoms with van der Waals surface area (Å²) in [6.07, 6.45) is 0. The zero-order valence-corrected chi connectivity index (χ0v) is 11.7. The zero-order chi connectivity index (χ0) is 13.8. The molecule has 6 heteroatoms. The first kappa shape index (κ1) is 13.8. The van der Waals surface area contributed by atoms with Gasteiger partial charge in [-0.25, -0.2) is 4.98 Å². The second kappa shape index (κ2) is 6.04. The molecule has 0 aliphatic carbocycles. The van der Waals surface area contributed by atoms with E-state index in [9.17, 15) is 0 Å². The maximum absolute atomic E-state index is 5.97. The van der Waals surface area contributed by atoms with Gasteiger partial charge < -0.3 is 10.5 Å². The van der Waals surface area contributed by atoms with Crippen LogP contribution in [0.4, 0.5) is 0 Å². The second-order valence-corrected chi connectivity index (χ2v) is 5.09. The molecule has 1 aromatic carbocycles. The molecule has 0 saturated carbocycles. The molecule has 0 fully saturated rings. The van der Waals surface area contributed by atoms with Crippen LogP contribution in [0, 0.1) is 5.92 Å². The molecule has 5 nitrogen and oxygen atoms in total. The largest absolute Gasteiger partial charge is 0.486 e. The van der Waals surface area contributed by atoms with Crippen LogP contribution in [-0.4, -0.2) is 15.2 Å². The Morgan fingerprint density at radius 2 is 2.00 bits per heavy atom. The lowest BCUT2D eigenvalue weighted by molar-refractivity contribution is 0.296. The molecular formula is C13H17ClN4O. The number of halogens is 1. The Kier molecular flexibility index (Phi) is 4.39. The molecule has 0 bridgehead atoms. The highest BCUT2D eigenvalue weighted by Gasteiger charge is 2.15. The first-order valence-electron chi connectivity index (χ1n) is 6.11. The fourth-order valence-corrected chi connectivity index (χ4v) is 1.63. The first-order valence-corrected chi connectivity index (χ1v) is 6.49. The van der Waals surface area contributed by atoms with Crippen molar-refractivity contribution in [3.05, 3.63) is 40.9 Å². The van der Waals surface area contributed by atoms with Gasteiger partial charge in [0.1, 0.15) is 12.4 Å². The summed E-state index contributed by atoms with van der Waals surface area (Å²) in [5.41, 5.74) is 5.97. The van der Waals surface area contributed by atoms with Gasteiger partial charge in [0.05, 0.1) is 6.04 Å². The highest BCUT2D eigenvalue weighted by atomic mass is 35.5. The number of aromatic amines is 1. The summed E-state index contributed by atoms with van der Waals surface area (Å²) in [6.45, 7) is 4.38. The number of H-pyrrole nitrogens is 1. The molecule has 1 aromatic heterocycles. The van der Waals surface area contributed by atoms with E-state index in [1.54, 1.807) is 24.3 Å². The van der Waals surface area contributed by atoms with Crippen LogP contribution in [0.15, 0.2) is 24.3 Å². The van der Waals surface area contributed by atoms with E-state index in [0.717, 1.165) is 5.75 Å². The standard InChI is InChI=1S/C13H17ClN4O/c1-8(2)12(15)13-16-11(17-18-13)7-19-10-5-3-9(14)4-6-10/h3-6,8,12H,7,15H2,1-2H3,(H,16,17,18)/t12-/m0/s1. The van der Waals surface area contributed by atoms with E-state index in [2.05, 4.69) is 15.2 Å². The summed E-state index contributed by atoms with van der Waals surface area (Å²) in [5.74, 6) is 2.29. The molecule has 2 rings (SSSR count). The minimum absolute atomic E-state index is 0.166. The summed E-state index contributed by atoms with van der Waals surface area (Å²) in [4.78, 5) is 4.32. The van der Waals surface area contributed by atoms with Crippen LogP contribution in [0.25, 0.3) is 0 Å². The van der Waals surface area contributed by atoms with Gasteiger partial charge in [-0.2, -0.15) is 5.10 Å². The Bertz CT molecular complexity index is 524. The molecule has 0 aliphatic rings. The molecule has 2 aromatic rings. The SMILES string of the molecule is CC(C)[C@H](N)c1n[nH]c(COc2ccc(Cl)cc2)n1. The van der Waals surface area contributed by atoms with E-state index in [0.29, 0.717) is 29.2 Å². The van der Waals surface area contributed by atoms with E-state index in [1.807, 2.05) is 13.8 Å². The molecule has 1 heterocycles. The van der Waals surface area contributed by atoms with E-state index < -0.39 is 0 Å². The maximum atomic E-state index is 5.97. The molecule has 1 atom stereocenters. The summed E-state index contributed by atoms with van der Waals surface area (Å²) in [6, 6.07) is 6.99. The smallest absolute Gasteiger partial charge is 0.167 e. The number of benzene rings is 1. The maximum Gasteiger partial charge on any atom is 0.167 e. The lowest BCUT2D eigenvalue weighted by atomic mass is 10.1. The van der Waals surface area contributed by atoms with Gasteiger partial charge in [-0.3, -0.25) is 5.10 Å². The molecule has 3 N–H and O–H groups in total. The Hall–Kier alpha value is -1.59. The molecule has 0 radical (unpaired) electrons. The molecule has 0 saturated heterocycles. The average Bonchev–Trinajstić information content (AvgIpc) is 2.86. The Balaban J connectivity index is 1.95. The van der Waals surface area contributed by atoms with Crippen molar-refractivity contribution < 1.29 is 4.74 Å². The van der Waals surface area contributed by atoms with E-state index in [4.69, 9.17) is 22.1 Å². The van der Waals surface area contributed by atoms with Gasteiger partial charge >= 0.3 is 0 Å². The minimum Gasteiger partial charge on any atom is -0.486 e. The predicted octanol–water partition coefficient (Wildman–Crippen LogP) is 2.69. The van der Waals surface area contributed by atoms with Crippen LogP contribution in [0.3, 0.4) is 0 Å². The molecular weight excluding hydrogens is 264 g/mol. The molecule has 102 valence electrons. The third kappa shape index (κ3) is 3.68. The fourth-order valence-electron chi connectivity index (χ4n) is 1.50. The van der Waals surface area contributed by atoms with Crippen molar-refractivity contribution in [3.63, 3.8) is 0 Å². The van der Waals surface area contributed by atoms with Crippen molar-refractivity contribution in [1.82, 2.24) is 15.2 Å². The fraction of sp³-hybridized carbons (Fsp3) is 0.385. The van der Waals surface area contributed by atoms with Crippen molar-refractivity contribution in [2.45, 2.75) is 26.5 Å². The lowest BCUT2D eigenvalue weighted by Crippen LogP contribution is -2.18. The van der Waals surface area contributed by atoms with Crippen molar-refractivity contribution in [2.24, 2.45) is 11.7 Å². The van der Waals surface area contributed by atoms with Crippen LogP contribution in [0.1, 0.15) is 31.5 Å². The van der Waals surface area contributed by atoms with Gasteiger partial charge in [0, 0.05) is 5.02 Å². The average molecular weight is 281 g/mol. The van der Waals surface area contributed by atoms with Crippen LogP contribution in [0.2, 0.25) is 5.02 Å². The number of aromatic nitrogens is 3. The number of hydrogen-bond acceptors (Lipinski definition) is 4. The molecule has 0 spiro atoms. The monoisotopic (exact) mass is 280 g/mol. The van der Waals surface area contributed by atoms with Gasteiger partial charge in [0.2, 0.25) is 0 Å². The number of nitrogens with one attached hydrogen (secondary N) is 1. The van der Waals surface area contributed by atoms with Crippen molar-refractivity contribution in [1.29, 1.82) is 0 Å². The number of ether oxygens (including phenoxy) is 1. The van der Waals surface area contributed by atoms with Crippen LogP contribution in [0.5, 0.6) is 5.75 Å². The van der Waals surface area contributed by atoms with Crippen LogP contribution < -0.4 is 10.5 Å². The normalized spacial score (nSPS) is 12.7. The van der Waals surface area contributed by atoms with Gasteiger partial charge in [0.15, 0.2) is 11.6 Å². The van der Waals surface area contributed by atoms with Gasteiger partial charge in [-0.1, -0.05) is 25.4 Å². The van der Waals surface area contributed by atoms with E-state index >= 15 is 0 Å². The third-order valence-electron chi connectivity index (χ3n) is 2.75. The number of rotatable bonds is 5. The Morgan fingerprint density at radius 3 is 2.63 bits per heavy atom. The van der Waals surface area contributed by atoms with Crippen molar-refractivity contribution in [3.8, 4) is 5.75 Å². The van der Waals surface area contributed by atoms with Crippen molar-refractivity contribution >= 4 is 11.6 Å². The van der Waals surface area contributed by atoms with Crippen LogP contribution in [-0.2, 0) is 6.61 Å². The highest BCUT2D eigenvalue weighted by Crippen LogP contribution is 2.17. The van der Waals surface area contributed by atoms with E-state index in [-0.39, 0.29) is 6.04 Å². The van der Waals surface area contributed by atoms with Gasteiger partial charge in [-0.15, -0.1) is 0 Å². The number of nitrogens with two attached hydrogens (primary N) is 1. The second-order valence-electron chi connectivity index (χ2n) is 4.65. The van der Waals surface area contributed by atoms with Crippen molar-refractivity contribution in [2.75, 3.05) is 0 Å². The summed E-state index contributed by atoms with van der Waals surface area (Å²) in [7, 11) is 0. The van der Waals surface area contributed by atoms with Gasteiger partial charge in [-0.05, 0) is 30.2 Å². The molecule has 0 unspecified atom stereocenters. The van der Waals surface area contributed by atoms with Gasteiger partial charge in [0.25, 0.3) is 0 Å². The topological polar surface area (TPSA) is 76.8 Å². The summed E-state index contributed by atoms with van der Waals surface area (Å²) in [5, 5.41) is 7.61. The third-order valence-corrected chi connectivity index (χ3v) is 3.01. The quantitative estimate of drug-likeness (QED) is 0.883. The molecule has 0 amide bonds. The Labute approximate surface area is 117 Å². The highest BCUT2D eigenvalue weighted by molar-refractivity contribution is 6.30. The summed E-state index contributed by atoms with van der Waals surface area (Å²) >= 11 is 5.80.